The van der Waals surface area contributed by atoms with Gasteiger partial charge < -0.3 is 4.42 Å². The highest BCUT2D eigenvalue weighted by Gasteiger charge is 2.24. The van der Waals surface area contributed by atoms with Crippen LogP contribution in [0.25, 0.3) is 0 Å². The van der Waals surface area contributed by atoms with Gasteiger partial charge in [-0.05, 0) is 36.6 Å². The Morgan fingerprint density at radius 2 is 2.05 bits per heavy atom. The third-order valence-electron chi connectivity index (χ3n) is 3.07. The van der Waals surface area contributed by atoms with Crippen molar-refractivity contribution in [1.82, 2.24) is 4.98 Å². The lowest BCUT2D eigenvalue weighted by Crippen LogP contribution is -2.33. The van der Waals surface area contributed by atoms with E-state index in [0.29, 0.717) is 23.9 Å². The second kappa shape index (κ2) is 6.76. The van der Waals surface area contributed by atoms with Crippen LogP contribution in [-0.4, -0.2) is 19.2 Å². The molecular formula is C15H20N2O3S. The minimum atomic E-state index is -3.44. The number of hydrogen-bond donors (Lipinski definition) is 0. The first kappa shape index (κ1) is 15.6. The van der Waals surface area contributed by atoms with Gasteiger partial charge in [0.1, 0.15) is 11.6 Å². The normalized spacial score (nSPS) is 11.8. The monoisotopic (exact) mass is 308 g/mol. The summed E-state index contributed by atoms with van der Waals surface area (Å²) in [6.45, 7) is 4.17. The summed E-state index contributed by atoms with van der Waals surface area (Å²) in [6, 6.07) is 8.72. The van der Waals surface area contributed by atoms with E-state index in [1.165, 1.54) is 10.6 Å². The van der Waals surface area contributed by atoms with E-state index in [1.54, 1.807) is 36.5 Å². The van der Waals surface area contributed by atoms with E-state index in [1.807, 2.05) is 13.8 Å². The largest absolute Gasteiger partial charge is 0.467 e. The van der Waals surface area contributed by atoms with Gasteiger partial charge in [0.05, 0.1) is 18.6 Å². The fourth-order valence-corrected chi connectivity index (χ4v) is 3.57. The van der Waals surface area contributed by atoms with Crippen LogP contribution in [0.5, 0.6) is 0 Å². The average Bonchev–Trinajstić information content (AvgIpc) is 2.96. The van der Waals surface area contributed by atoms with Gasteiger partial charge in [-0.1, -0.05) is 19.9 Å². The van der Waals surface area contributed by atoms with Crippen LogP contribution in [0.2, 0.25) is 0 Å². The number of furan rings is 1. The molecule has 0 amide bonds. The molecular weight excluding hydrogens is 288 g/mol. The second-order valence-electron chi connectivity index (χ2n) is 5.27. The minimum absolute atomic E-state index is 0.0992. The van der Waals surface area contributed by atoms with Gasteiger partial charge in [0.2, 0.25) is 10.0 Å². The SMILES string of the molecule is CC(C)CCS(=O)(=O)N(Cc1ccco1)c1ccccn1. The summed E-state index contributed by atoms with van der Waals surface area (Å²) in [5.41, 5.74) is 0. The highest BCUT2D eigenvalue weighted by molar-refractivity contribution is 7.92. The zero-order valence-corrected chi connectivity index (χ0v) is 13.1. The summed E-state index contributed by atoms with van der Waals surface area (Å²) in [4.78, 5) is 4.16. The van der Waals surface area contributed by atoms with Crippen molar-refractivity contribution in [3.8, 4) is 0 Å². The summed E-state index contributed by atoms with van der Waals surface area (Å²) >= 11 is 0. The van der Waals surface area contributed by atoms with Crippen molar-refractivity contribution >= 4 is 15.8 Å². The van der Waals surface area contributed by atoms with E-state index in [-0.39, 0.29) is 12.3 Å². The first-order valence-electron chi connectivity index (χ1n) is 6.93. The van der Waals surface area contributed by atoms with Gasteiger partial charge in [-0.2, -0.15) is 0 Å². The number of nitrogens with zero attached hydrogens (tertiary/aromatic N) is 2. The Bertz CT molecular complexity index is 637. The highest BCUT2D eigenvalue weighted by Crippen LogP contribution is 2.20. The molecule has 0 aliphatic heterocycles. The van der Waals surface area contributed by atoms with Gasteiger partial charge in [-0.25, -0.2) is 17.7 Å². The fraction of sp³-hybridized carbons (Fsp3) is 0.400. The molecule has 0 bridgehead atoms. The molecule has 0 aliphatic rings. The number of aromatic nitrogens is 1. The van der Waals surface area contributed by atoms with E-state index in [2.05, 4.69) is 4.98 Å². The molecule has 0 spiro atoms. The molecule has 2 aromatic rings. The highest BCUT2D eigenvalue weighted by atomic mass is 32.2. The molecule has 0 radical (unpaired) electrons. The molecule has 0 unspecified atom stereocenters. The molecule has 0 atom stereocenters. The molecule has 5 nitrogen and oxygen atoms in total. The molecule has 2 rings (SSSR count). The zero-order chi connectivity index (χ0) is 15.3. The number of hydrogen-bond acceptors (Lipinski definition) is 4. The van der Waals surface area contributed by atoms with Crippen LogP contribution in [-0.2, 0) is 16.6 Å². The topological polar surface area (TPSA) is 63.4 Å². The summed E-state index contributed by atoms with van der Waals surface area (Å²) in [7, 11) is -3.44. The predicted octanol–water partition coefficient (Wildman–Crippen LogP) is 3.06. The average molecular weight is 308 g/mol. The first-order chi connectivity index (χ1) is 9.99. The Kier molecular flexibility index (Phi) is 5.01. The smallest absolute Gasteiger partial charge is 0.236 e. The Morgan fingerprint density at radius 3 is 2.62 bits per heavy atom. The van der Waals surface area contributed by atoms with Crippen molar-refractivity contribution in [3.05, 3.63) is 48.6 Å². The molecule has 0 N–H and O–H groups in total. The first-order valence-corrected chi connectivity index (χ1v) is 8.54. The summed E-state index contributed by atoms with van der Waals surface area (Å²) in [5, 5.41) is 0. The van der Waals surface area contributed by atoms with Crippen molar-refractivity contribution < 1.29 is 12.8 Å². The van der Waals surface area contributed by atoms with Crippen molar-refractivity contribution in [1.29, 1.82) is 0 Å². The number of anilines is 1. The lowest BCUT2D eigenvalue weighted by molar-refractivity contribution is 0.507. The Hall–Kier alpha value is -1.82. The molecule has 0 saturated carbocycles. The van der Waals surface area contributed by atoms with Gasteiger partial charge in [0.25, 0.3) is 0 Å². The number of pyridine rings is 1. The minimum Gasteiger partial charge on any atom is -0.467 e. The summed E-state index contributed by atoms with van der Waals surface area (Å²) in [6.07, 6.45) is 3.74. The summed E-state index contributed by atoms with van der Waals surface area (Å²) < 4.78 is 31.8. The Morgan fingerprint density at radius 1 is 1.24 bits per heavy atom. The van der Waals surface area contributed by atoms with Gasteiger partial charge in [-0.15, -0.1) is 0 Å². The van der Waals surface area contributed by atoms with E-state index in [0.717, 1.165) is 0 Å². The molecule has 114 valence electrons. The van der Waals surface area contributed by atoms with Crippen molar-refractivity contribution in [2.24, 2.45) is 5.92 Å². The van der Waals surface area contributed by atoms with Crippen LogP contribution in [0.4, 0.5) is 5.82 Å². The lowest BCUT2D eigenvalue weighted by atomic mass is 10.2. The molecule has 2 heterocycles. The molecule has 0 aliphatic carbocycles. The van der Waals surface area contributed by atoms with Crippen LogP contribution in [0.15, 0.2) is 47.2 Å². The maximum atomic E-state index is 12.6. The predicted molar refractivity (Wildman–Crippen MR) is 82.4 cm³/mol. The van der Waals surface area contributed by atoms with Crippen molar-refractivity contribution in [2.45, 2.75) is 26.8 Å². The van der Waals surface area contributed by atoms with E-state index < -0.39 is 10.0 Å². The van der Waals surface area contributed by atoms with Gasteiger partial charge in [0.15, 0.2) is 0 Å². The van der Waals surface area contributed by atoms with Crippen molar-refractivity contribution in [2.75, 3.05) is 10.1 Å². The zero-order valence-electron chi connectivity index (χ0n) is 12.3. The van der Waals surface area contributed by atoms with Crippen LogP contribution in [0.1, 0.15) is 26.0 Å². The fourth-order valence-electron chi connectivity index (χ4n) is 1.86. The lowest BCUT2D eigenvalue weighted by Gasteiger charge is -2.22. The van der Waals surface area contributed by atoms with Crippen LogP contribution in [0, 0.1) is 5.92 Å². The molecule has 0 saturated heterocycles. The van der Waals surface area contributed by atoms with Crippen molar-refractivity contribution in [3.63, 3.8) is 0 Å². The van der Waals surface area contributed by atoms with E-state index >= 15 is 0 Å². The molecule has 0 aromatic carbocycles. The van der Waals surface area contributed by atoms with Crippen LogP contribution in [0.3, 0.4) is 0 Å². The molecule has 6 heteroatoms. The molecule has 0 fully saturated rings. The number of sulfonamides is 1. The maximum Gasteiger partial charge on any atom is 0.236 e. The third kappa shape index (κ3) is 4.32. The molecule has 2 aromatic heterocycles. The van der Waals surface area contributed by atoms with E-state index in [9.17, 15) is 8.42 Å². The van der Waals surface area contributed by atoms with Gasteiger partial charge in [-0.3, -0.25) is 0 Å². The van der Waals surface area contributed by atoms with Gasteiger partial charge in [0, 0.05) is 6.20 Å². The standard InChI is InChI=1S/C15H20N2O3S/c1-13(2)8-11-21(18,19)17(12-14-6-5-10-20-14)15-7-3-4-9-16-15/h3-7,9-10,13H,8,11-12H2,1-2H3. The number of rotatable bonds is 7. The van der Waals surface area contributed by atoms with Gasteiger partial charge >= 0.3 is 0 Å². The third-order valence-corrected chi connectivity index (χ3v) is 4.81. The van der Waals surface area contributed by atoms with Crippen LogP contribution < -0.4 is 4.31 Å². The Balaban J connectivity index is 2.27. The summed E-state index contributed by atoms with van der Waals surface area (Å²) in [5.74, 6) is 1.43. The van der Waals surface area contributed by atoms with Crippen LogP contribution >= 0.6 is 0 Å². The second-order valence-corrected chi connectivity index (χ2v) is 7.29. The maximum absolute atomic E-state index is 12.6. The quantitative estimate of drug-likeness (QED) is 0.788. The molecule has 21 heavy (non-hydrogen) atoms. The Labute approximate surface area is 125 Å². The van der Waals surface area contributed by atoms with E-state index in [4.69, 9.17) is 4.42 Å².